The molecule has 1 aliphatic heterocycles. The molecule has 0 radical (unpaired) electrons. The molecule has 0 bridgehead atoms. The Morgan fingerprint density at radius 3 is 2.35 bits per heavy atom. The van der Waals surface area contributed by atoms with Gasteiger partial charge in [-0.25, -0.2) is 0 Å². The fraction of sp³-hybridized carbons (Fsp3) is 0.933. The van der Waals surface area contributed by atoms with Crippen LogP contribution in [-0.2, 0) is 23.4 Å². The smallest absolute Gasteiger partial charge is 0.256 e. The predicted octanol–water partition coefficient (Wildman–Crippen LogP) is 1.17. The molecule has 1 rings (SSSR count). The zero-order valence-electron chi connectivity index (χ0n) is 15.3. The van der Waals surface area contributed by atoms with Crippen LogP contribution in [0, 0.1) is 0 Å². The first-order valence-electron chi connectivity index (χ1n) is 7.78. The van der Waals surface area contributed by atoms with Crippen LogP contribution < -0.4 is 0 Å². The van der Waals surface area contributed by atoms with E-state index in [1.54, 1.807) is 0 Å². The number of hydrogen-bond acceptors (Lipinski definition) is 6. The van der Waals surface area contributed by atoms with Crippen LogP contribution in [-0.4, -0.2) is 76.8 Å². The minimum atomic E-state index is -1.97. The van der Waals surface area contributed by atoms with Gasteiger partial charge in [0.15, 0.2) is 14.4 Å². The molecule has 3 atom stereocenters. The number of carbonyl (C=O) groups excluding carboxylic acids is 1. The molecule has 0 aromatic carbocycles. The highest BCUT2D eigenvalue weighted by Crippen LogP contribution is 2.37. The van der Waals surface area contributed by atoms with Crippen molar-refractivity contribution in [3.63, 3.8) is 0 Å². The summed E-state index contributed by atoms with van der Waals surface area (Å²) in [6.45, 7) is 11.0. The lowest BCUT2D eigenvalue weighted by molar-refractivity contribution is -0.210. The normalized spacial score (nSPS) is 23.8. The second-order valence-electron chi connectivity index (χ2n) is 7.35. The molecule has 0 spiro atoms. The van der Waals surface area contributed by atoms with E-state index in [4.69, 9.17) is 18.6 Å². The second-order valence-corrected chi connectivity index (χ2v) is 12.2. The van der Waals surface area contributed by atoms with Crippen LogP contribution in [0.2, 0.25) is 18.1 Å². The standard InChI is InChI=1S/C15H31NO6Si/c1-15(2,3)23(6,7)22-8-11(17)12-13(21-10-20-5)14(18)16(12)9-19-4/h11-13,17H,8-10H2,1-7H3/t11-,12+,13-/m1/s1. The minimum absolute atomic E-state index is 0.00351. The van der Waals surface area contributed by atoms with Gasteiger partial charge in [-0.15, -0.1) is 0 Å². The van der Waals surface area contributed by atoms with Crippen LogP contribution in [0.3, 0.4) is 0 Å². The zero-order chi connectivity index (χ0) is 17.8. The van der Waals surface area contributed by atoms with Gasteiger partial charge in [0.25, 0.3) is 5.91 Å². The third-order valence-electron chi connectivity index (χ3n) is 4.65. The Morgan fingerprint density at radius 1 is 1.26 bits per heavy atom. The summed E-state index contributed by atoms with van der Waals surface area (Å²) < 4.78 is 21.3. The van der Waals surface area contributed by atoms with E-state index < -0.39 is 26.6 Å². The van der Waals surface area contributed by atoms with E-state index in [2.05, 4.69) is 33.9 Å². The van der Waals surface area contributed by atoms with Gasteiger partial charge in [0, 0.05) is 14.2 Å². The van der Waals surface area contributed by atoms with Crippen LogP contribution in [0.5, 0.6) is 0 Å². The van der Waals surface area contributed by atoms with Gasteiger partial charge in [-0.3, -0.25) is 4.79 Å². The van der Waals surface area contributed by atoms with Crippen molar-refractivity contribution in [1.29, 1.82) is 0 Å². The molecule has 1 fully saturated rings. The molecule has 23 heavy (non-hydrogen) atoms. The first kappa shape index (κ1) is 20.5. The fourth-order valence-corrected chi connectivity index (χ4v) is 3.18. The van der Waals surface area contributed by atoms with Gasteiger partial charge in [0.1, 0.15) is 13.5 Å². The van der Waals surface area contributed by atoms with Crippen molar-refractivity contribution in [3.8, 4) is 0 Å². The average Bonchev–Trinajstić information content (AvgIpc) is 2.45. The lowest BCUT2D eigenvalue weighted by Gasteiger charge is -2.48. The molecular weight excluding hydrogens is 318 g/mol. The SMILES string of the molecule is COCO[C@H]1C(=O)N(COC)[C@H]1[C@H](O)CO[Si](C)(C)C(C)(C)C. The average molecular weight is 350 g/mol. The van der Waals surface area contributed by atoms with Crippen molar-refractivity contribution < 1.29 is 28.5 Å². The number of carbonyl (C=O) groups is 1. The molecule has 1 aliphatic rings. The maximum absolute atomic E-state index is 12.1. The van der Waals surface area contributed by atoms with E-state index in [1.165, 1.54) is 19.1 Å². The molecule has 1 N–H and O–H groups in total. The summed E-state index contributed by atoms with van der Waals surface area (Å²) >= 11 is 0. The van der Waals surface area contributed by atoms with Crippen molar-refractivity contribution in [2.75, 3.05) is 34.4 Å². The number of nitrogens with zero attached hydrogens (tertiary/aromatic N) is 1. The quantitative estimate of drug-likeness (QED) is 0.382. The Kier molecular flexibility index (Phi) is 7.18. The molecule has 136 valence electrons. The van der Waals surface area contributed by atoms with Gasteiger partial charge in [-0.05, 0) is 18.1 Å². The van der Waals surface area contributed by atoms with Crippen molar-refractivity contribution in [3.05, 3.63) is 0 Å². The number of ether oxygens (including phenoxy) is 3. The highest BCUT2D eigenvalue weighted by Gasteiger charge is 2.52. The summed E-state index contributed by atoms with van der Waals surface area (Å²) in [4.78, 5) is 13.5. The molecule has 0 saturated carbocycles. The van der Waals surface area contributed by atoms with E-state index in [9.17, 15) is 9.90 Å². The molecule has 1 amide bonds. The summed E-state index contributed by atoms with van der Waals surface area (Å²) in [5, 5.41) is 10.6. The fourth-order valence-electron chi connectivity index (χ4n) is 2.16. The number of aliphatic hydroxyl groups excluding tert-OH is 1. The van der Waals surface area contributed by atoms with Gasteiger partial charge in [0.2, 0.25) is 0 Å². The summed E-state index contributed by atoms with van der Waals surface area (Å²) in [6.07, 6.45) is -1.55. The maximum atomic E-state index is 12.1. The molecular formula is C15H31NO6Si. The van der Waals surface area contributed by atoms with E-state index in [1.807, 2.05) is 0 Å². The van der Waals surface area contributed by atoms with E-state index in [-0.39, 0.29) is 31.1 Å². The topological polar surface area (TPSA) is 77.5 Å². The van der Waals surface area contributed by atoms with Crippen LogP contribution in [0.4, 0.5) is 0 Å². The zero-order valence-corrected chi connectivity index (χ0v) is 16.3. The highest BCUT2D eigenvalue weighted by atomic mass is 28.4. The summed E-state index contributed by atoms with van der Waals surface area (Å²) in [6, 6.07) is -0.484. The van der Waals surface area contributed by atoms with Crippen molar-refractivity contribution in [1.82, 2.24) is 4.90 Å². The summed E-state index contributed by atoms with van der Waals surface area (Å²) in [5.74, 6) is -0.208. The lowest BCUT2D eigenvalue weighted by Crippen LogP contribution is -2.71. The summed E-state index contributed by atoms with van der Waals surface area (Å²) in [7, 11) is 1.03. The van der Waals surface area contributed by atoms with Crippen LogP contribution in [0.25, 0.3) is 0 Å². The first-order valence-corrected chi connectivity index (χ1v) is 10.7. The van der Waals surface area contributed by atoms with Gasteiger partial charge in [-0.2, -0.15) is 0 Å². The Morgan fingerprint density at radius 2 is 1.87 bits per heavy atom. The molecule has 0 aromatic rings. The van der Waals surface area contributed by atoms with Crippen LogP contribution in [0.15, 0.2) is 0 Å². The number of aliphatic hydroxyl groups is 1. The molecule has 8 heteroatoms. The largest absolute Gasteiger partial charge is 0.414 e. The number of hydrogen-bond donors (Lipinski definition) is 1. The summed E-state index contributed by atoms with van der Waals surface area (Å²) in [5.41, 5.74) is 0. The van der Waals surface area contributed by atoms with Crippen molar-refractivity contribution >= 4 is 14.2 Å². The third kappa shape index (κ3) is 4.74. The molecule has 7 nitrogen and oxygen atoms in total. The molecule has 0 aliphatic carbocycles. The molecule has 1 heterocycles. The second kappa shape index (κ2) is 8.04. The van der Waals surface area contributed by atoms with Crippen LogP contribution in [0.1, 0.15) is 20.8 Å². The lowest BCUT2D eigenvalue weighted by atomic mass is 9.93. The van der Waals surface area contributed by atoms with E-state index in [0.717, 1.165) is 0 Å². The third-order valence-corrected chi connectivity index (χ3v) is 9.15. The Bertz CT molecular complexity index is 398. The number of rotatable bonds is 9. The van der Waals surface area contributed by atoms with Gasteiger partial charge < -0.3 is 28.6 Å². The molecule has 0 unspecified atom stereocenters. The van der Waals surface area contributed by atoms with Gasteiger partial charge >= 0.3 is 0 Å². The first-order chi connectivity index (χ1) is 10.6. The Balaban J connectivity index is 2.69. The monoisotopic (exact) mass is 349 g/mol. The Labute approximate surface area is 140 Å². The number of β-lactam (4-membered cyclic amide) rings is 1. The highest BCUT2D eigenvalue weighted by molar-refractivity contribution is 6.74. The minimum Gasteiger partial charge on any atom is -0.414 e. The number of likely N-dealkylation sites (tertiary alicyclic amines) is 1. The molecule has 1 saturated heterocycles. The van der Waals surface area contributed by atoms with E-state index >= 15 is 0 Å². The predicted molar refractivity (Wildman–Crippen MR) is 88.4 cm³/mol. The van der Waals surface area contributed by atoms with Gasteiger partial charge in [0.05, 0.1) is 18.8 Å². The van der Waals surface area contributed by atoms with Gasteiger partial charge in [-0.1, -0.05) is 20.8 Å². The van der Waals surface area contributed by atoms with Crippen LogP contribution >= 0.6 is 0 Å². The number of methoxy groups -OCH3 is 2. The Hall–Kier alpha value is -0.513. The van der Waals surface area contributed by atoms with Crippen molar-refractivity contribution in [2.45, 2.75) is 57.2 Å². The maximum Gasteiger partial charge on any atom is 0.256 e. The number of amides is 1. The molecule has 0 aromatic heterocycles. The van der Waals surface area contributed by atoms with Crippen molar-refractivity contribution in [2.24, 2.45) is 0 Å². The van der Waals surface area contributed by atoms with E-state index in [0.29, 0.717) is 0 Å².